The number of hydrogen-bond acceptors (Lipinski definition) is 3. The lowest BCUT2D eigenvalue weighted by Crippen LogP contribution is -2.39. The minimum absolute atomic E-state index is 0.0212. The Morgan fingerprint density at radius 2 is 1.83 bits per heavy atom. The number of piperidine rings is 1. The van der Waals surface area contributed by atoms with Crippen molar-refractivity contribution in [1.82, 2.24) is 10.2 Å². The highest BCUT2D eigenvalue weighted by Gasteiger charge is 2.25. The van der Waals surface area contributed by atoms with Gasteiger partial charge in [0.05, 0.1) is 5.56 Å². The molecule has 0 bridgehead atoms. The molecule has 1 saturated heterocycles. The molecule has 0 aromatic heterocycles. The Morgan fingerprint density at radius 3 is 2.39 bits per heavy atom. The molecule has 1 aromatic rings. The van der Waals surface area contributed by atoms with Crippen LogP contribution in [0.15, 0.2) is 22.7 Å². The number of carbonyl (C=O) groups excluding carboxylic acids is 2. The van der Waals surface area contributed by atoms with Gasteiger partial charge in [0.15, 0.2) is 0 Å². The van der Waals surface area contributed by atoms with Crippen LogP contribution in [0.1, 0.15) is 40.0 Å². The number of carbonyl (C=O) groups is 3. The van der Waals surface area contributed by atoms with Crippen LogP contribution in [0.2, 0.25) is 0 Å². The van der Waals surface area contributed by atoms with Gasteiger partial charge in [-0.15, -0.1) is 0 Å². The fraction of sp³-hybridized carbons (Fsp3) is 0.438. The van der Waals surface area contributed by atoms with Gasteiger partial charge >= 0.3 is 5.97 Å². The van der Waals surface area contributed by atoms with Crippen molar-refractivity contribution in [3.05, 3.63) is 33.8 Å². The number of likely N-dealkylation sites (tertiary alicyclic amines) is 1. The molecule has 1 aliphatic rings. The van der Waals surface area contributed by atoms with Crippen molar-refractivity contribution in [3.63, 3.8) is 0 Å². The summed E-state index contributed by atoms with van der Waals surface area (Å²) in [5.74, 6) is -0.930. The zero-order chi connectivity index (χ0) is 17.0. The number of halogens is 1. The Balaban J connectivity index is 2.02. The first-order chi connectivity index (χ1) is 10.9. The van der Waals surface area contributed by atoms with Crippen molar-refractivity contribution in [2.24, 2.45) is 5.92 Å². The molecule has 2 amide bonds. The van der Waals surface area contributed by atoms with Gasteiger partial charge in [-0.05, 0) is 37.0 Å². The average Bonchev–Trinajstić information content (AvgIpc) is 2.54. The molecular weight excluding hydrogens is 364 g/mol. The first-order valence-corrected chi connectivity index (χ1v) is 8.23. The summed E-state index contributed by atoms with van der Waals surface area (Å²) in [5, 5.41) is 11.7. The minimum atomic E-state index is -1.07. The van der Waals surface area contributed by atoms with Gasteiger partial charge in [0.2, 0.25) is 5.91 Å². The van der Waals surface area contributed by atoms with E-state index >= 15 is 0 Å². The third kappa shape index (κ3) is 4.54. The maximum atomic E-state index is 12.5. The highest BCUT2D eigenvalue weighted by atomic mass is 79.9. The van der Waals surface area contributed by atoms with E-state index in [1.54, 1.807) is 18.0 Å². The summed E-state index contributed by atoms with van der Waals surface area (Å²) in [4.78, 5) is 36.8. The standard InChI is InChI=1S/C16H19BrN2O4/c1-18-14(20)6-10-2-4-19(5-3-10)15(21)11-7-12(16(22)23)9-13(17)8-11/h7-10H,2-6H2,1H3,(H,18,20)(H,22,23). The number of aromatic carboxylic acids is 1. The van der Waals surface area contributed by atoms with Gasteiger partial charge in [-0.2, -0.15) is 0 Å². The second-order valence-electron chi connectivity index (χ2n) is 5.65. The van der Waals surface area contributed by atoms with Crippen LogP contribution in [-0.4, -0.2) is 47.9 Å². The molecule has 2 N–H and O–H groups in total. The molecule has 0 unspecified atom stereocenters. The summed E-state index contributed by atoms with van der Waals surface area (Å²) in [6.45, 7) is 1.16. The van der Waals surface area contributed by atoms with Crippen LogP contribution >= 0.6 is 15.9 Å². The van der Waals surface area contributed by atoms with Crippen LogP contribution in [0, 0.1) is 5.92 Å². The first kappa shape index (κ1) is 17.5. The van der Waals surface area contributed by atoms with Gasteiger partial charge in [-0.1, -0.05) is 15.9 Å². The second kappa shape index (κ2) is 7.59. The number of rotatable bonds is 4. The number of amides is 2. The van der Waals surface area contributed by atoms with Crippen LogP contribution < -0.4 is 5.32 Å². The Bertz CT molecular complexity index is 625. The first-order valence-electron chi connectivity index (χ1n) is 7.44. The van der Waals surface area contributed by atoms with E-state index in [1.807, 2.05) is 0 Å². The summed E-state index contributed by atoms with van der Waals surface area (Å²) in [6, 6.07) is 4.49. The smallest absolute Gasteiger partial charge is 0.335 e. The topological polar surface area (TPSA) is 86.7 Å². The number of carboxylic acid groups (broad SMARTS) is 1. The summed E-state index contributed by atoms with van der Waals surface area (Å²) in [5.41, 5.74) is 0.443. The molecule has 124 valence electrons. The molecule has 23 heavy (non-hydrogen) atoms. The van der Waals surface area contributed by atoms with Crippen LogP contribution in [0.5, 0.6) is 0 Å². The molecule has 0 aliphatic carbocycles. The van der Waals surface area contributed by atoms with Gasteiger partial charge in [0.25, 0.3) is 5.91 Å². The molecule has 7 heteroatoms. The quantitative estimate of drug-likeness (QED) is 0.834. The molecule has 1 fully saturated rings. The maximum absolute atomic E-state index is 12.5. The van der Waals surface area contributed by atoms with Crippen molar-refractivity contribution in [1.29, 1.82) is 0 Å². The third-order valence-electron chi connectivity index (χ3n) is 4.05. The maximum Gasteiger partial charge on any atom is 0.335 e. The zero-order valence-corrected chi connectivity index (χ0v) is 14.4. The van der Waals surface area contributed by atoms with Crippen LogP contribution in [0.4, 0.5) is 0 Å². The molecule has 6 nitrogen and oxygen atoms in total. The number of benzene rings is 1. The Labute approximate surface area is 143 Å². The normalized spacial score (nSPS) is 15.3. The number of hydrogen-bond donors (Lipinski definition) is 2. The number of carboxylic acids is 1. The highest BCUT2D eigenvalue weighted by molar-refractivity contribution is 9.10. The Morgan fingerprint density at radius 1 is 1.22 bits per heavy atom. The molecule has 1 heterocycles. The molecular formula is C16H19BrN2O4. The molecule has 1 aliphatic heterocycles. The lowest BCUT2D eigenvalue weighted by Gasteiger charge is -2.31. The third-order valence-corrected chi connectivity index (χ3v) is 4.50. The van der Waals surface area contributed by atoms with Crippen LogP contribution in [0.3, 0.4) is 0 Å². The van der Waals surface area contributed by atoms with E-state index in [4.69, 9.17) is 5.11 Å². The average molecular weight is 383 g/mol. The van der Waals surface area contributed by atoms with Gasteiger partial charge < -0.3 is 15.3 Å². The molecule has 2 rings (SSSR count). The predicted molar refractivity (Wildman–Crippen MR) is 88.4 cm³/mol. The summed E-state index contributed by atoms with van der Waals surface area (Å²) in [7, 11) is 1.62. The monoisotopic (exact) mass is 382 g/mol. The van der Waals surface area contributed by atoms with E-state index in [9.17, 15) is 14.4 Å². The van der Waals surface area contributed by atoms with Gasteiger partial charge in [0, 0.05) is 36.6 Å². The molecule has 0 atom stereocenters. The molecule has 0 spiro atoms. The van der Waals surface area contributed by atoms with E-state index in [1.165, 1.54) is 12.1 Å². The molecule has 0 radical (unpaired) electrons. The van der Waals surface area contributed by atoms with Gasteiger partial charge in [-0.25, -0.2) is 4.79 Å². The number of nitrogens with one attached hydrogen (secondary N) is 1. The largest absolute Gasteiger partial charge is 0.478 e. The number of nitrogens with zero attached hydrogens (tertiary/aromatic N) is 1. The van der Waals surface area contributed by atoms with Crippen LogP contribution in [0.25, 0.3) is 0 Å². The Kier molecular flexibility index (Phi) is 5.76. The zero-order valence-electron chi connectivity index (χ0n) is 12.8. The van der Waals surface area contributed by atoms with Gasteiger partial charge in [0.1, 0.15) is 0 Å². The van der Waals surface area contributed by atoms with Crippen molar-refractivity contribution < 1.29 is 19.5 Å². The van der Waals surface area contributed by atoms with Crippen molar-refractivity contribution >= 4 is 33.7 Å². The van der Waals surface area contributed by atoms with E-state index in [-0.39, 0.29) is 23.3 Å². The lowest BCUT2D eigenvalue weighted by atomic mass is 9.93. The summed E-state index contributed by atoms with van der Waals surface area (Å²) < 4.78 is 0.565. The van der Waals surface area contributed by atoms with E-state index in [0.717, 1.165) is 12.8 Å². The van der Waals surface area contributed by atoms with E-state index in [0.29, 0.717) is 29.5 Å². The lowest BCUT2D eigenvalue weighted by molar-refractivity contribution is -0.121. The Hall–Kier alpha value is -1.89. The summed E-state index contributed by atoms with van der Waals surface area (Å²) >= 11 is 3.24. The SMILES string of the molecule is CNC(=O)CC1CCN(C(=O)c2cc(Br)cc(C(=O)O)c2)CC1. The minimum Gasteiger partial charge on any atom is -0.478 e. The second-order valence-corrected chi connectivity index (χ2v) is 6.56. The van der Waals surface area contributed by atoms with Crippen molar-refractivity contribution in [2.75, 3.05) is 20.1 Å². The van der Waals surface area contributed by atoms with Crippen molar-refractivity contribution in [2.45, 2.75) is 19.3 Å². The van der Waals surface area contributed by atoms with Crippen LogP contribution in [-0.2, 0) is 4.79 Å². The van der Waals surface area contributed by atoms with E-state index < -0.39 is 5.97 Å². The van der Waals surface area contributed by atoms with Crippen molar-refractivity contribution in [3.8, 4) is 0 Å². The highest BCUT2D eigenvalue weighted by Crippen LogP contribution is 2.23. The van der Waals surface area contributed by atoms with E-state index in [2.05, 4.69) is 21.2 Å². The predicted octanol–water partition coefficient (Wildman–Crippen LogP) is 2.14. The summed E-state index contributed by atoms with van der Waals surface area (Å²) in [6.07, 6.45) is 2.04. The van der Waals surface area contributed by atoms with Gasteiger partial charge in [-0.3, -0.25) is 9.59 Å². The molecule has 0 saturated carbocycles. The fourth-order valence-corrected chi connectivity index (χ4v) is 3.22. The fourth-order valence-electron chi connectivity index (χ4n) is 2.72. The molecule has 1 aromatic carbocycles.